The zero-order chi connectivity index (χ0) is 22.1. The van der Waals surface area contributed by atoms with E-state index in [1.165, 1.54) is 0 Å². The Hall–Kier alpha value is -4.29. The predicted octanol–water partition coefficient (Wildman–Crippen LogP) is 7.67. The molecule has 0 N–H and O–H groups in total. The van der Waals surface area contributed by atoms with Gasteiger partial charge in [-0.05, 0) is 66.4 Å². The highest BCUT2D eigenvalue weighted by molar-refractivity contribution is 5.78. The first kappa shape index (κ1) is 19.7. The minimum absolute atomic E-state index is 0.689. The SMILES string of the molecule is CC1=C(C)N(c2ccc(-c3ccc(-c4ccccc4C#N)cc3)cc2)c2ccccc2O1. The van der Waals surface area contributed by atoms with Gasteiger partial charge in [-0.1, -0.05) is 66.7 Å². The van der Waals surface area contributed by atoms with Gasteiger partial charge in [-0.25, -0.2) is 0 Å². The topological polar surface area (TPSA) is 36.3 Å². The van der Waals surface area contributed by atoms with Crippen LogP contribution in [0.1, 0.15) is 19.4 Å². The lowest BCUT2D eigenvalue weighted by Gasteiger charge is -2.32. The van der Waals surface area contributed by atoms with Gasteiger partial charge in [0.05, 0.1) is 23.0 Å². The number of hydrogen-bond acceptors (Lipinski definition) is 3. The number of hydrogen-bond donors (Lipinski definition) is 0. The van der Waals surface area contributed by atoms with E-state index in [1.54, 1.807) is 0 Å². The molecule has 0 saturated carbocycles. The smallest absolute Gasteiger partial charge is 0.151 e. The Morgan fingerprint density at radius 3 is 2.00 bits per heavy atom. The van der Waals surface area contributed by atoms with Crippen molar-refractivity contribution in [1.82, 2.24) is 0 Å². The standard InChI is InChI=1S/C29H22N2O/c1-20-21(2)32-29-10-6-5-9-28(29)31(20)26-17-15-23(16-18-26)22-11-13-24(14-12-22)27-8-4-3-7-25(27)19-30/h3-18H,1-2H3. The van der Waals surface area contributed by atoms with Crippen molar-refractivity contribution in [2.75, 3.05) is 4.90 Å². The summed E-state index contributed by atoms with van der Waals surface area (Å²) in [5.41, 5.74) is 8.20. The van der Waals surface area contributed by atoms with E-state index in [4.69, 9.17) is 4.74 Å². The van der Waals surface area contributed by atoms with Crippen LogP contribution in [0.25, 0.3) is 22.3 Å². The highest BCUT2D eigenvalue weighted by Gasteiger charge is 2.23. The average molecular weight is 415 g/mol. The molecule has 0 saturated heterocycles. The highest BCUT2D eigenvalue weighted by Crippen LogP contribution is 2.42. The van der Waals surface area contributed by atoms with Crippen molar-refractivity contribution in [2.45, 2.75) is 13.8 Å². The fraction of sp³-hybridized carbons (Fsp3) is 0.0690. The quantitative estimate of drug-likeness (QED) is 0.345. The van der Waals surface area contributed by atoms with Gasteiger partial charge in [0.25, 0.3) is 0 Å². The highest BCUT2D eigenvalue weighted by atomic mass is 16.5. The molecule has 0 aliphatic carbocycles. The molecule has 154 valence electrons. The van der Waals surface area contributed by atoms with Gasteiger partial charge in [0.2, 0.25) is 0 Å². The third-order valence-corrected chi connectivity index (χ3v) is 5.92. The number of para-hydroxylation sites is 2. The summed E-state index contributed by atoms with van der Waals surface area (Å²) in [6.45, 7) is 4.08. The molecule has 0 spiro atoms. The van der Waals surface area contributed by atoms with Gasteiger partial charge in [-0.2, -0.15) is 5.26 Å². The van der Waals surface area contributed by atoms with E-state index < -0.39 is 0 Å². The van der Waals surface area contributed by atoms with Crippen molar-refractivity contribution in [3.63, 3.8) is 0 Å². The van der Waals surface area contributed by atoms with Gasteiger partial charge in [0.15, 0.2) is 5.75 Å². The number of benzene rings is 4. The Morgan fingerprint density at radius 2 is 1.28 bits per heavy atom. The molecule has 0 amide bonds. The fourth-order valence-corrected chi connectivity index (χ4v) is 4.12. The summed E-state index contributed by atoms with van der Waals surface area (Å²) < 4.78 is 5.97. The summed E-state index contributed by atoms with van der Waals surface area (Å²) in [4.78, 5) is 2.24. The molecular formula is C29H22N2O. The second kappa shape index (κ2) is 8.09. The lowest BCUT2D eigenvalue weighted by atomic mass is 9.97. The minimum Gasteiger partial charge on any atom is -0.458 e. The molecule has 4 aromatic rings. The summed E-state index contributed by atoms with van der Waals surface area (Å²) in [5, 5.41) is 9.38. The molecule has 0 atom stereocenters. The van der Waals surface area contributed by atoms with Gasteiger partial charge in [0.1, 0.15) is 5.76 Å². The molecule has 32 heavy (non-hydrogen) atoms. The lowest BCUT2D eigenvalue weighted by Crippen LogP contribution is -2.21. The minimum atomic E-state index is 0.689. The van der Waals surface area contributed by atoms with Gasteiger partial charge >= 0.3 is 0 Å². The molecule has 5 rings (SSSR count). The Labute approximate surface area is 188 Å². The van der Waals surface area contributed by atoms with Crippen molar-refractivity contribution >= 4 is 11.4 Å². The van der Waals surface area contributed by atoms with Gasteiger partial charge in [-0.3, -0.25) is 0 Å². The van der Waals surface area contributed by atoms with Crippen molar-refractivity contribution in [1.29, 1.82) is 5.26 Å². The Morgan fingerprint density at radius 1 is 0.688 bits per heavy atom. The molecule has 0 aromatic heterocycles. The molecule has 0 unspecified atom stereocenters. The van der Waals surface area contributed by atoms with Gasteiger partial charge in [-0.15, -0.1) is 0 Å². The van der Waals surface area contributed by atoms with Crippen LogP contribution in [0, 0.1) is 11.3 Å². The van der Waals surface area contributed by atoms with Crippen LogP contribution in [0.5, 0.6) is 5.75 Å². The largest absolute Gasteiger partial charge is 0.458 e. The number of nitrogens with zero attached hydrogens (tertiary/aromatic N) is 2. The van der Waals surface area contributed by atoms with E-state index in [1.807, 2.05) is 49.4 Å². The van der Waals surface area contributed by atoms with Crippen LogP contribution >= 0.6 is 0 Å². The van der Waals surface area contributed by atoms with Crippen LogP contribution in [0.2, 0.25) is 0 Å². The summed E-state index contributed by atoms with van der Waals surface area (Å²) in [5.74, 6) is 1.77. The van der Waals surface area contributed by atoms with Gasteiger partial charge in [0, 0.05) is 5.69 Å². The maximum Gasteiger partial charge on any atom is 0.151 e. The van der Waals surface area contributed by atoms with Gasteiger partial charge < -0.3 is 9.64 Å². The summed E-state index contributed by atoms with van der Waals surface area (Å²) in [7, 11) is 0. The van der Waals surface area contributed by atoms with Crippen molar-refractivity contribution in [3.8, 4) is 34.1 Å². The normalized spacial score (nSPS) is 12.7. The molecule has 0 radical (unpaired) electrons. The monoisotopic (exact) mass is 414 g/mol. The predicted molar refractivity (Wildman–Crippen MR) is 130 cm³/mol. The number of allylic oxidation sites excluding steroid dienone is 2. The first-order valence-corrected chi connectivity index (χ1v) is 10.6. The van der Waals surface area contributed by atoms with E-state index in [2.05, 4.69) is 72.5 Å². The number of rotatable bonds is 3. The Bertz CT molecular complexity index is 1360. The zero-order valence-electron chi connectivity index (χ0n) is 18.0. The maximum absolute atomic E-state index is 9.38. The van der Waals surface area contributed by atoms with E-state index in [0.29, 0.717) is 5.56 Å². The maximum atomic E-state index is 9.38. The summed E-state index contributed by atoms with van der Waals surface area (Å²) in [6, 6.07) is 35.0. The van der Waals surface area contributed by atoms with Crippen LogP contribution in [0.3, 0.4) is 0 Å². The molecule has 4 aromatic carbocycles. The second-order valence-corrected chi connectivity index (χ2v) is 7.83. The van der Waals surface area contributed by atoms with Crippen LogP contribution in [-0.2, 0) is 0 Å². The number of fused-ring (bicyclic) bond motifs is 1. The second-order valence-electron chi connectivity index (χ2n) is 7.83. The van der Waals surface area contributed by atoms with Crippen molar-refractivity contribution < 1.29 is 4.74 Å². The first-order chi connectivity index (χ1) is 15.7. The summed E-state index contributed by atoms with van der Waals surface area (Å²) in [6.07, 6.45) is 0. The Kier molecular flexibility index (Phi) is 4.97. The molecule has 3 heteroatoms. The average Bonchev–Trinajstić information content (AvgIpc) is 2.85. The van der Waals surface area contributed by atoms with E-state index in [0.717, 1.165) is 50.8 Å². The fourth-order valence-electron chi connectivity index (χ4n) is 4.12. The van der Waals surface area contributed by atoms with Crippen LogP contribution in [-0.4, -0.2) is 0 Å². The van der Waals surface area contributed by atoms with E-state index in [-0.39, 0.29) is 0 Å². The van der Waals surface area contributed by atoms with Crippen LogP contribution < -0.4 is 9.64 Å². The van der Waals surface area contributed by atoms with Crippen LogP contribution in [0.15, 0.2) is 109 Å². The molecule has 1 aliphatic heterocycles. The molecule has 0 fully saturated rings. The number of ether oxygens (including phenoxy) is 1. The first-order valence-electron chi connectivity index (χ1n) is 10.6. The Balaban J connectivity index is 1.45. The number of nitriles is 1. The summed E-state index contributed by atoms with van der Waals surface area (Å²) >= 11 is 0. The zero-order valence-corrected chi connectivity index (χ0v) is 18.0. The molecular weight excluding hydrogens is 392 g/mol. The third kappa shape index (κ3) is 3.42. The lowest BCUT2D eigenvalue weighted by molar-refractivity contribution is 0.411. The van der Waals surface area contributed by atoms with E-state index in [9.17, 15) is 5.26 Å². The molecule has 3 nitrogen and oxygen atoms in total. The third-order valence-electron chi connectivity index (χ3n) is 5.92. The van der Waals surface area contributed by atoms with Crippen molar-refractivity contribution in [3.05, 3.63) is 114 Å². The van der Waals surface area contributed by atoms with Crippen molar-refractivity contribution in [2.24, 2.45) is 0 Å². The molecule has 0 bridgehead atoms. The number of anilines is 2. The molecule has 1 heterocycles. The van der Waals surface area contributed by atoms with E-state index >= 15 is 0 Å². The van der Waals surface area contributed by atoms with Crippen LogP contribution in [0.4, 0.5) is 11.4 Å². The molecule has 1 aliphatic rings.